The van der Waals surface area contributed by atoms with E-state index >= 15 is 0 Å². The van der Waals surface area contributed by atoms with Gasteiger partial charge >= 0.3 is 0 Å². The predicted octanol–water partition coefficient (Wildman–Crippen LogP) is 2.49. The monoisotopic (exact) mass is 348 g/mol. The Labute approximate surface area is 149 Å². The first-order chi connectivity index (χ1) is 11.3. The second kappa shape index (κ2) is 7.13. The second-order valence-corrected chi connectivity index (χ2v) is 6.79. The number of hydrogen-bond donors (Lipinski definition) is 1. The largest absolute Gasteiger partial charge is 0.494 e. The van der Waals surface area contributed by atoms with E-state index < -0.39 is 0 Å². The summed E-state index contributed by atoms with van der Waals surface area (Å²) < 4.78 is 7.50. The summed E-state index contributed by atoms with van der Waals surface area (Å²) in [7, 11) is 1.71. The van der Waals surface area contributed by atoms with E-state index in [2.05, 4.69) is 27.4 Å². The number of nitrogens with one attached hydrogen (secondary N) is 1. The van der Waals surface area contributed by atoms with Crippen molar-refractivity contribution in [2.45, 2.75) is 19.4 Å². The van der Waals surface area contributed by atoms with Crippen LogP contribution >= 0.6 is 12.4 Å². The highest BCUT2D eigenvalue weighted by Gasteiger charge is 2.40. The molecule has 0 aliphatic carbocycles. The summed E-state index contributed by atoms with van der Waals surface area (Å²) in [4.78, 5) is 2.57. The van der Waals surface area contributed by atoms with E-state index in [1.807, 2.05) is 29.1 Å². The smallest absolute Gasteiger partial charge is 0.144 e. The van der Waals surface area contributed by atoms with Crippen LogP contribution in [0.3, 0.4) is 0 Å². The van der Waals surface area contributed by atoms with Gasteiger partial charge in [-0.25, -0.2) is 4.68 Å². The normalized spacial score (nSPS) is 23.5. The Kier molecular flexibility index (Phi) is 5.13. The van der Waals surface area contributed by atoms with Gasteiger partial charge in [0.15, 0.2) is 0 Å². The number of para-hydroxylation sites is 2. The van der Waals surface area contributed by atoms with Crippen LogP contribution in [-0.2, 0) is 6.54 Å². The first-order valence-corrected chi connectivity index (χ1v) is 8.39. The van der Waals surface area contributed by atoms with Gasteiger partial charge in [-0.1, -0.05) is 12.1 Å². The molecule has 2 saturated heterocycles. The van der Waals surface area contributed by atoms with Gasteiger partial charge in [0.2, 0.25) is 0 Å². The lowest BCUT2D eigenvalue weighted by molar-refractivity contribution is 0.264. The Morgan fingerprint density at radius 2 is 2.12 bits per heavy atom. The van der Waals surface area contributed by atoms with Crippen LogP contribution in [0.5, 0.6) is 5.75 Å². The number of nitrogens with zero attached hydrogens (tertiary/aromatic N) is 3. The van der Waals surface area contributed by atoms with Gasteiger partial charge in [-0.15, -0.1) is 12.4 Å². The highest BCUT2D eigenvalue weighted by molar-refractivity contribution is 5.85. The SMILES string of the molecule is COc1ccccc1-n1nccc1CN1CCC2(CCNC2)C1.Cl. The van der Waals surface area contributed by atoms with Gasteiger partial charge < -0.3 is 10.1 Å². The van der Waals surface area contributed by atoms with E-state index in [1.54, 1.807) is 7.11 Å². The van der Waals surface area contributed by atoms with Crippen LogP contribution in [0.1, 0.15) is 18.5 Å². The van der Waals surface area contributed by atoms with E-state index in [0.717, 1.165) is 18.0 Å². The van der Waals surface area contributed by atoms with Gasteiger partial charge in [0.05, 0.1) is 12.8 Å². The van der Waals surface area contributed by atoms with Crippen LogP contribution in [0, 0.1) is 5.41 Å². The molecule has 1 spiro atoms. The topological polar surface area (TPSA) is 42.3 Å². The average Bonchev–Trinajstić information content (AvgIpc) is 3.31. The summed E-state index contributed by atoms with van der Waals surface area (Å²) in [6, 6.07) is 10.2. The number of benzene rings is 1. The predicted molar refractivity (Wildman–Crippen MR) is 97.2 cm³/mol. The van der Waals surface area contributed by atoms with Crippen molar-refractivity contribution in [3.8, 4) is 11.4 Å². The molecule has 130 valence electrons. The molecule has 0 saturated carbocycles. The van der Waals surface area contributed by atoms with Crippen molar-refractivity contribution in [2.24, 2.45) is 5.41 Å². The molecule has 1 aromatic carbocycles. The Morgan fingerprint density at radius 1 is 1.25 bits per heavy atom. The third kappa shape index (κ3) is 3.16. The van der Waals surface area contributed by atoms with Crippen molar-refractivity contribution in [1.82, 2.24) is 20.0 Å². The lowest BCUT2D eigenvalue weighted by atomic mass is 9.87. The quantitative estimate of drug-likeness (QED) is 0.921. The van der Waals surface area contributed by atoms with E-state index in [9.17, 15) is 0 Å². The molecular formula is C18H25ClN4O. The molecule has 1 aromatic heterocycles. The fourth-order valence-corrected chi connectivity index (χ4v) is 4.01. The number of rotatable bonds is 4. The zero-order chi connectivity index (χ0) is 15.7. The molecule has 24 heavy (non-hydrogen) atoms. The number of ether oxygens (including phenoxy) is 1. The summed E-state index contributed by atoms with van der Waals surface area (Å²) in [5.41, 5.74) is 2.74. The van der Waals surface area contributed by atoms with Crippen molar-refractivity contribution in [3.63, 3.8) is 0 Å². The molecule has 0 bridgehead atoms. The van der Waals surface area contributed by atoms with Crippen molar-refractivity contribution in [2.75, 3.05) is 33.3 Å². The fourth-order valence-electron chi connectivity index (χ4n) is 4.01. The summed E-state index contributed by atoms with van der Waals surface area (Å²) >= 11 is 0. The Morgan fingerprint density at radius 3 is 2.92 bits per heavy atom. The highest BCUT2D eigenvalue weighted by Crippen LogP contribution is 2.36. The molecular weight excluding hydrogens is 324 g/mol. The Balaban J connectivity index is 0.00000169. The molecule has 2 fully saturated rings. The summed E-state index contributed by atoms with van der Waals surface area (Å²) in [6.45, 7) is 5.66. The number of methoxy groups -OCH3 is 1. The first-order valence-electron chi connectivity index (χ1n) is 8.39. The number of likely N-dealkylation sites (tertiary alicyclic amines) is 1. The summed E-state index contributed by atoms with van der Waals surface area (Å²) in [5, 5.41) is 8.05. The zero-order valence-electron chi connectivity index (χ0n) is 14.1. The standard InChI is InChI=1S/C18H24N4O.ClH/c1-23-17-5-3-2-4-16(17)22-15(6-9-20-22)12-21-11-8-18(14-21)7-10-19-13-18;/h2-6,9,19H,7-8,10-14H2,1H3;1H. The van der Waals surface area contributed by atoms with Crippen molar-refractivity contribution in [1.29, 1.82) is 0 Å². The minimum Gasteiger partial charge on any atom is -0.494 e. The van der Waals surface area contributed by atoms with Crippen LogP contribution in [-0.4, -0.2) is 48.0 Å². The van der Waals surface area contributed by atoms with Crippen LogP contribution in [0.15, 0.2) is 36.5 Å². The van der Waals surface area contributed by atoms with Gasteiger partial charge in [-0.05, 0) is 49.5 Å². The molecule has 4 rings (SSSR count). The molecule has 2 aromatic rings. The summed E-state index contributed by atoms with van der Waals surface area (Å²) in [6.07, 6.45) is 4.50. The molecule has 0 amide bonds. The number of hydrogen-bond acceptors (Lipinski definition) is 4. The minimum absolute atomic E-state index is 0. The van der Waals surface area contributed by atoms with Crippen molar-refractivity contribution >= 4 is 12.4 Å². The fraction of sp³-hybridized carbons (Fsp3) is 0.500. The van der Waals surface area contributed by atoms with Gasteiger partial charge in [0.1, 0.15) is 11.4 Å². The van der Waals surface area contributed by atoms with Crippen molar-refractivity contribution in [3.05, 3.63) is 42.2 Å². The van der Waals surface area contributed by atoms with Gasteiger partial charge in [-0.2, -0.15) is 5.10 Å². The molecule has 5 nitrogen and oxygen atoms in total. The molecule has 1 unspecified atom stereocenters. The molecule has 1 N–H and O–H groups in total. The van der Waals surface area contributed by atoms with E-state index in [-0.39, 0.29) is 12.4 Å². The van der Waals surface area contributed by atoms with Gasteiger partial charge in [-0.3, -0.25) is 4.90 Å². The lowest BCUT2D eigenvalue weighted by Crippen LogP contribution is -2.29. The molecule has 6 heteroatoms. The molecule has 2 aliphatic heterocycles. The second-order valence-electron chi connectivity index (χ2n) is 6.79. The van der Waals surface area contributed by atoms with Gasteiger partial charge in [0.25, 0.3) is 0 Å². The molecule has 1 atom stereocenters. The molecule has 2 aliphatic rings. The van der Waals surface area contributed by atoms with Crippen LogP contribution in [0.2, 0.25) is 0 Å². The van der Waals surface area contributed by atoms with Crippen LogP contribution in [0.25, 0.3) is 5.69 Å². The van der Waals surface area contributed by atoms with E-state index in [4.69, 9.17) is 4.74 Å². The zero-order valence-corrected chi connectivity index (χ0v) is 14.9. The Bertz CT molecular complexity index is 681. The number of aromatic nitrogens is 2. The third-order valence-electron chi connectivity index (χ3n) is 5.27. The van der Waals surface area contributed by atoms with Gasteiger partial charge in [0, 0.05) is 25.8 Å². The molecule has 0 radical (unpaired) electrons. The summed E-state index contributed by atoms with van der Waals surface area (Å²) in [5.74, 6) is 0.857. The average molecular weight is 349 g/mol. The maximum atomic E-state index is 5.49. The minimum atomic E-state index is 0. The third-order valence-corrected chi connectivity index (χ3v) is 5.27. The highest BCUT2D eigenvalue weighted by atomic mass is 35.5. The first kappa shape index (κ1) is 17.3. The van der Waals surface area contributed by atoms with E-state index in [0.29, 0.717) is 5.41 Å². The maximum absolute atomic E-state index is 5.49. The Hall–Kier alpha value is -1.56. The number of halogens is 1. The van der Waals surface area contributed by atoms with Crippen LogP contribution < -0.4 is 10.1 Å². The molecule has 3 heterocycles. The van der Waals surface area contributed by atoms with Crippen LogP contribution in [0.4, 0.5) is 0 Å². The van der Waals surface area contributed by atoms with E-state index in [1.165, 1.54) is 44.7 Å². The maximum Gasteiger partial charge on any atom is 0.144 e. The van der Waals surface area contributed by atoms with Crippen molar-refractivity contribution < 1.29 is 4.74 Å². The lowest BCUT2D eigenvalue weighted by Gasteiger charge is -2.23.